The molecule has 0 aliphatic heterocycles. The standard InChI is InChI=1S/C13H14ClN3/c1-15-13(11-7-16-9-17-8-11)6-10-3-2-4-12(14)5-10/h2-5,7-9,13,15H,6H2,1H3. The Kier molecular flexibility index (Phi) is 4.07. The van der Waals surface area contributed by atoms with E-state index in [2.05, 4.69) is 21.4 Å². The van der Waals surface area contributed by atoms with Crippen LogP contribution in [0.5, 0.6) is 0 Å². The van der Waals surface area contributed by atoms with Gasteiger partial charge in [-0.1, -0.05) is 23.7 Å². The minimum absolute atomic E-state index is 0.203. The van der Waals surface area contributed by atoms with Gasteiger partial charge in [0, 0.05) is 29.0 Å². The van der Waals surface area contributed by atoms with Crippen LogP contribution >= 0.6 is 11.6 Å². The molecule has 1 N–H and O–H groups in total. The molecule has 0 aliphatic carbocycles. The van der Waals surface area contributed by atoms with Crippen molar-refractivity contribution in [2.75, 3.05) is 7.05 Å². The zero-order valence-corrected chi connectivity index (χ0v) is 10.4. The number of hydrogen-bond donors (Lipinski definition) is 1. The molecule has 0 aliphatic rings. The van der Waals surface area contributed by atoms with Crippen molar-refractivity contribution in [2.24, 2.45) is 0 Å². The molecule has 0 spiro atoms. The molecule has 3 nitrogen and oxygen atoms in total. The van der Waals surface area contributed by atoms with E-state index >= 15 is 0 Å². The van der Waals surface area contributed by atoms with Crippen LogP contribution in [0.4, 0.5) is 0 Å². The van der Waals surface area contributed by atoms with Crippen LogP contribution in [0.1, 0.15) is 17.2 Å². The molecular formula is C13H14ClN3. The van der Waals surface area contributed by atoms with E-state index < -0.39 is 0 Å². The molecule has 2 rings (SSSR count). The van der Waals surface area contributed by atoms with Crippen LogP contribution in [0.2, 0.25) is 5.02 Å². The van der Waals surface area contributed by atoms with E-state index in [0.29, 0.717) is 0 Å². The quantitative estimate of drug-likeness (QED) is 0.903. The average Bonchev–Trinajstić information content (AvgIpc) is 2.37. The van der Waals surface area contributed by atoms with Crippen LogP contribution in [-0.4, -0.2) is 17.0 Å². The lowest BCUT2D eigenvalue weighted by atomic mass is 10.0. The van der Waals surface area contributed by atoms with Crippen molar-refractivity contribution in [1.29, 1.82) is 0 Å². The minimum atomic E-state index is 0.203. The van der Waals surface area contributed by atoms with E-state index in [1.807, 2.05) is 37.6 Å². The summed E-state index contributed by atoms with van der Waals surface area (Å²) in [5.41, 5.74) is 2.27. The fraction of sp³-hybridized carbons (Fsp3) is 0.231. The van der Waals surface area contributed by atoms with Gasteiger partial charge < -0.3 is 5.32 Å². The zero-order chi connectivity index (χ0) is 12.1. The number of likely N-dealkylation sites (N-methyl/N-ethyl adjacent to an activating group) is 1. The normalized spacial score (nSPS) is 12.4. The summed E-state index contributed by atoms with van der Waals surface area (Å²) in [5.74, 6) is 0. The van der Waals surface area contributed by atoms with E-state index in [0.717, 1.165) is 17.0 Å². The van der Waals surface area contributed by atoms with Gasteiger partial charge in [0.15, 0.2) is 0 Å². The van der Waals surface area contributed by atoms with Crippen molar-refractivity contribution in [3.8, 4) is 0 Å². The maximum atomic E-state index is 5.97. The number of nitrogens with zero attached hydrogens (tertiary/aromatic N) is 2. The Balaban J connectivity index is 2.16. The summed E-state index contributed by atoms with van der Waals surface area (Å²) in [7, 11) is 1.93. The van der Waals surface area contributed by atoms with Gasteiger partial charge in [-0.15, -0.1) is 0 Å². The highest BCUT2D eigenvalue weighted by atomic mass is 35.5. The number of benzene rings is 1. The summed E-state index contributed by atoms with van der Waals surface area (Å²) in [4.78, 5) is 8.07. The van der Waals surface area contributed by atoms with Gasteiger partial charge in [-0.25, -0.2) is 9.97 Å². The van der Waals surface area contributed by atoms with Crippen molar-refractivity contribution in [2.45, 2.75) is 12.5 Å². The minimum Gasteiger partial charge on any atom is -0.313 e. The Morgan fingerprint density at radius 1 is 1.29 bits per heavy atom. The number of nitrogens with one attached hydrogen (secondary N) is 1. The van der Waals surface area contributed by atoms with Crippen LogP contribution in [-0.2, 0) is 6.42 Å². The predicted molar refractivity (Wildman–Crippen MR) is 69.0 cm³/mol. The second kappa shape index (κ2) is 5.75. The van der Waals surface area contributed by atoms with E-state index in [9.17, 15) is 0 Å². The monoisotopic (exact) mass is 247 g/mol. The molecule has 0 amide bonds. The maximum absolute atomic E-state index is 5.97. The SMILES string of the molecule is CNC(Cc1cccc(Cl)c1)c1cncnc1. The second-order valence-corrected chi connectivity index (χ2v) is 4.28. The lowest BCUT2D eigenvalue weighted by Crippen LogP contribution is -2.19. The molecule has 0 radical (unpaired) electrons. The summed E-state index contributed by atoms with van der Waals surface area (Å²) in [6, 6.07) is 8.10. The third-order valence-electron chi connectivity index (χ3n) is 2.66. The van der Waals surface area contributed by atoms with E-state index in [-0.39, 0.29) is 6.04 Å². The highest BCUT2D eigenvalue weighted by molar-refractivity contribution is 6.30. The second-order valence-electron chi connectivity index (χ2n) is 3.85. The van der Waals surface area contributed by atoms with Gasteiger partial charge >= 0.3 is 0 Å². The summed E-state index contributed by atoms with van der Waals surface area (Å²) in [6.45, 7) is 0. The first-order valence-electron chi connectivity index (χ1n) is 5.46. The molecule has 0 fully saturated rings. The lowest BCUT2D eigenvalue weighted by Gasteiger charge is -2.15. The van der Waals surface area contributed by atoms with Crippen molar-refractivity contribution in [1.82, 2.24) is 15.3 Å². The van der Waals surface area contributed by atoms with Gasteiger partial charge in [0.1, 0.15) is 6.33 Å². The third-order valence-corrected chi connectivity index (χ3v) is 2.90. The molecule has 0 saturated heterocycles. The van der Waals surface area contributed by atoms with Gasteiger partial charge in [0.2, 0.25) is 0 Å². The highest BCUT2D eigenvalue weighted by Crippen LogP contribution is 2.18. The molecule has 1 aromatic carbocycles. The van der Waals surface area contributed by atoms with E-state index in [4.69, 9.17) is 11.6 Å². The molecule has 0 bridgehead atoms. The Bertz CT molecular complexity index is 473. The first kappa shape index (κ1) is 12.0. The number of hydrogen-bond acceptors (Lipinski definition) is 3. The predicted octanol–water partition coefficient (Wildman–Crippen LogP) is 2.63. The summed E-state index contributed by atoms with van der Waals surface area (Å²) in [6.07, 6.45) is 6.07. The van der Waals surface area contributed by atoms with Crippen molar-refractivity contribution in [3.63, 3.8) is 0 Å². The molecule has 17 heavy (non-hydrogen) atoms. The Morgan fingerprint density at radius 3 is 2.71 bits per heavy atom. The van der Waals surface area contributed by atoms with Gasteiger partial charge in [0.05, 0.1) is 0 Å². The van der Waals surface area contributed by atoms with Crippen LogP contribution in [0, 0.1) is 0 Å². The third kappa shape index (κ3) is 3.25. The fourth-order valence-corrected chi connectivity index (χ4v) is 1.99. The molecule has 1 aromatic heterocycles. The summed E-state index contributed by atoms with van der Waals surface area (Å²) in [5, 5.41) is 4.03. The number of rotatable bonds is 4. The Hall–Kier alpha value is -1.45. The summed E-state index contributed by atoms with van der Waals surface area (Å²) >= 11 is 5.97. The number of halogens is 1. The lowest BCUT2D eigenvalue weighted by molar-refractivity contribution is 0.587. The van der Waals surface area contributed by atoms with E-state index in [1.165, 1.54) is 11.9 Å². The van der Waals surface area contributed by atoms with Gasteiger partial charge in [-0.2, -0.15) is 0 Å². The molecule has 1 heterocycles. The van der Waals surface area contributed by atoms with Crippen LogP contribution < -0.4 is 5.32 Å². The fourth-order valence-electron chi connectivity index (χ4n) is 1.78. The van der Waals surface area contributed by atoms with Crippen LogP contribution in [0.3, 0.4) is 0 Å². The molecule has 1 unspecified atom stereocenters. The first-order valence-corrected chi connectivity index (χ1v) is 5.84. The smallest absolute Gasteiger partial charge is 0.115 e. The largest absolute Gasteiger partial charge is 0.313 e. The van der Waals surface area contributed by atoms with Crippen molar-refractivity contribution >= 4 is 11.6 Å². The van der Waals surface area contributed by atoms with Gasteiger partial charge in [0.25, 0.3) is 0 Å². The zero-order valence-electron chi connectivity index (χ0n) is 9.60. The molecule has 1 atom stereocenters. The number of aromatic nitrogens is 2. The van der Waals surface area contributed by atoms with Crippen molar-refractivity contribution in [3.05, 3.63) is 59.1 Å². The van der Waals surface area contributed by atoms with E-state index in [1.54, 1.807) is 0 Å². The molecule has 2 aromatic rings. The maximum Gasteiger partial charge on any atom is 0.115 e. The highest BCUT2D eigenvalue weighted by Gasteiger charge is 2.10. The first-order chi connectivity index (χ1) is 8.29. The van der Waals surface area contributed by atoms with Crippen LogP contribution in [0.15, 0.2) is 43.0 Å². The molecule has 0 saturated carbocycles. The molecule has 88 valence electrons. The van der Waals surface area contributed by atoms with Crippen molar-refractivity contribution < 1.29 is 0 Å². The Morgan fingerprint density at radius 2 is 2.06 bits per heavy atom. The molecule has 4 heteroatoms. The average molecular weight is 248 g/mol. The van der Waals surface area contributed by atoms with Gasteiger partial charge in [-0.05, 0) is 31.2 Å². The van der Waals surface area contributed by atoms with Gasteiger partial charge in [-0.3, -0.25) is 0 Å². The van der Waals surface area contributed by atoms with Crippen LogP contribution in [0.25, 0.3) is 0 Å². The topological polar surface area (TPSA) is 37.8 Å². The Labute approximate surface area is 106 Å². The molecular weight excluding hydrogens is 234 g/mol. The summed E-state index contributed by atoms with van der Waals surface area (Å²) < 4.78 is 0.